The van der Waals surface area contributed by atoms with Gasteiger partial charge in [0, 0.05) is 32.2 Å². The summed E-state index contributed by atoms with van der Waals surface area (Å²) in [7, 11) is 0. The van der Waals surface area contributed by atoms with E-state index >= 15 is 0 Å². The highest BCUT2D eigenvalue weighted by molar-refractivity contribution is 5.87. The molecule has 0 aromatic rings. The number of carboxylic acids is 1. The third-order valence-corrected chi connectivity index (χ3v) is 5.09. The summed E-state index contributed by atoms with van der Waals surface area (Å²) in [6.07, 6.45) is 2.07. The summed E-state index contributed by atoms with van der Waals surface area (Å²) in [4.78, 5) is 26.0. The molecule has 0 bridgehead atoms. The molecule has 3 aliphatic rings. The monoisotopic (exact) mass is 283 g/mol. The number of amides is 1. The first-order valence-corrected chi connectivity index (χ1v) is 7.22. The van der Waals surface area contributed by atoms with Crippen LogP contribution >= 0.6 is 0 Å². The first-order chi connectivity index (χ1) is 9.48. The number of rotatable bonds is 2. The van der Waals surface area contributed by atoms with E-state index in [1.54, 1.807) is 4.90 Å². The largest absolute Gasteiger partial charge is 0.481 e. The molecular formula is C14H21NO5. The van der Waals surface area contributed by atoms with Crippen molar-refractivity contribution in [1.29, 1.82) is 0 Å². The molecule has 0 aromatic heterocycles. The Morgan fingerprint density at radius 3 is 2.70 bits per heavy atom. The number of carboxylic acid groups (broad SMARTS) is 1. The summed E-state index contributed by atoms with van der Waals surface area (Å²) in [6, 6.07) is 0. The number of carbonyl (C=O) groups is 2. The number of fused-ring (bicyclic) bond motifs is 1. The molecule has 3 rings (SSSR count). The molecule has 1 N–H and O–H groups in total. The van der Waals surface area contributed by atoms with Gasteiger partial charge in [-0.3, -0.25) is 9.59 Å². The van der Waals surface area contributed by atoms with Crippen molar-refractivity contribution in [1.82, 2.24) is 4.90 Å². The smallest absolute Gasteiger partial charge is 0.311 e. The van der Waals surface area contributed by atoms with Crippen molar-refractivity contribution in [3.63, 3.8) is 0 Å². The quantitative estimate of drug-likeness (QED) is 0.799. The zero-order chi connectivity index (χ0) is 14.4. The summed E-state index contributed by atoms with van der Waals surface area (Å²) < 4.78 is 11.0. The molecule has 6 heteroatoms. The van der Waals surface area contributed by atoms with E-state index in [0.717, 1.165) is 6.42 Å². The molecular weight excluding hydrogens is 262 g/mol. The minimum atomic E-state index is -0.830. The van der Waals surface area contributed by atoms with E-state index < -0.39 is 17.0 Å². The number of hydrogen-bond donors (Lipinski definition) is 1. The summed E-state index contributed by atoms with van der Waals surface area (Å²) in [6.45, 7) is 4.05. The van der Waals surface area contributed by atoms with Gasteiger partial charge in [-0.15, -0.1) is 0 Å². The Kier molecular flexibility index (Phi) is 3.25. The Morgan fingerprint density at radius 2 is 2.10 bits per heavy atom. The normalized spacial score (nSPS) is 40.6. The molecule has 0 aliphatic carbocycles. The van der Waals surface area contributed by atoms with E-state index in [1.165, 1.54) is 0 Å². The molecule has 0 spiro atoms. The van der Waals surface area contributed by atoms with E-state index in [0.29, 0.717) is 39.2 Å². The summed E-state index contributed by atoms with van der Waals surface area (Å²) in [5, 5.41) is 9.60. The SMILES string of the molecule is CC1(C(=O)N2C[C@H]3COCC[C@@]3(C(=O)O)C2)CCCO1. The van der Waals surface area contributed by atoms with Crippen molar-refractivity contribution >= 4 is 11.9 Å². The van der Waals surface area contributed by atoms with Crippen molar-refractivity contribution in [3.05, 3.63) is 0 Å². The number of carbonyl (C=O) groups excluding carboxylic acids is 1. The molecule has 0 saturated carbocycles. The second kappa shape index (κ2) is 4.70. The van der Waals surface area contributed by atoms with Crippen molar-refractivity contribution < 1.29 is 24.2 Å². The van der Waals surface area contributed by atoms with Gasteiger partial charge >= 0.3 is 5.97 Å². The predicted molar refractivity (Wildman–Crippen MR) is 69.2 cm³/mol. The van der Waals surface area contributed by atoms with Gasteiger partial charge in [0.15, 0.2) is 0 Å². The molecule has 3 atom stereocenters. The molecule has 0 aromatic carbocycles. The van der Waals surface area contributed by atoms with Gasteiger partial charge in [-0.25, -0.2) is 0 Å². The van der Waals surface area contributed by atoms with Crippen molar-refractivity contribution in [3.8, 4) is 0 Å². The van der Waals surface area contributed by atoms with Crippen molar-refractivity contribution in [2.45, 2.75) is 31.8 Å². The molecule has 20 heavy (non-hydrogen) atoms. The van der Waals surface area contributed by atoms with Gasteiger partial charge in [-0.05, 0) is 26.2 Å². The lowest BCUT2D eigenvalue weighted by Crippen LogP contribution is -2.48. The molecule has 112 valence electrons. The van der Waals surface area contributed by atoms with Crippen LogP contribution in [0.1, 0.15) is 26.2 Å². The van der Waals surface area contributed by atoms with Crippen LogP contribution < -0.4 is 0 Å². The third kappa shape index (κ3) is 1.93. The Morgan fingerprint density at radius 1 is 1.30 bits per heavy atom. The lowest BCUT2D eigenvalue weighted by molar-refractivity contribution is -0.158. The molecule has 3 fully saturated rings. The van der Waals surface area contributed by atoms with Crippen LogP contribution in [0.2, 0.25) is 0 Å². The van der Waals surface area contributed by atoms with Gasteiger partial charge in [0.2, 0.25) is 0 Å². The number of nitrogens with zero attached hydrogens (tertiary/aromatic N) is 1. The van der Waals surface area contributed by atoms with E-state index in [-0.39, 0.29) is 18.4 Å². The van der Waals surface area contributed by atoms with Crippen LogP contribution in [0.4, 0.5) is 0 Å². The molecule has 1 amide bonds. The zero-order valence-corrected chi connectivity index (χ0v) is 11.8. The van der Waals surface area contributed by atoms with Crippen LogP contribution in [-0.2, 0) is 19.1 Å². The first kappa shape index (κ1) is 13.8. The topological polar surface area (TPSA) is 76.1 Å². The summed E-state index contributed by atoms with van der Waals surface area (Å²) in [5.41, 5.74) is -1.60. The fourth-order valence-electron chi connectivity index (χ4n) is 3.74. The minimum absolute atomic E-state index is 0.0648. The highest BCUT2D eigenvalue weighted by atomic mass is 16.5. The molecule has 6 nitrogen and oxygen atoms in total. The standard InChI is InChI=1S/C14H21NO5/c1-13(3-2-5-20-13)11(16)15-7-10-8-19-6-4-14(10,9-15)12(17)18/h10H,2-9H2,1H3,(H,17,18)/t10-,13?,14+/m0/s1. The summed E-state index contributed by atoms with van der Waals surface area (Å²) >= 11 is 0. The van der Waals surface area contributed by atoms with Crippen molar-refractivity contribution in [2.24, 2.45) is 11.3 Å². The average molecular weight is 283 g/mol. The fraction of sp³-hybridized carbons (Fsp3) is 0.857. The Hall–Kier alpha value is -1.14. The molecule has 3 saturated heterocycles. The second-order valence-electron chi connectivity index (χ2n) is 6.35. The second-order valence-corrected chi connectivity index (χ2v) is 6.35. The van der Waals surface area contributed by atoms with E-state index in [2.05, 4.69) is 0 Å². The summed E-state index contributed by atoms with van der Waals surface area (Å²) in [5.74, 6) is -0.980. The van der Waals surface area contributed by atoms with Crippen LogP contribution in [-0.4, -0.2) is 60.4 Å². The van der Waals surface area contributed by atoms with E-state index in [1.807, 2.05) is 6.92 Å². The van der Waals surface area contributed by atoms with Gasteiger partial charge < -0.3 is 19.5 Å². The van der Waals surface area contributed by atoms with Gasteiger partial charge in [-0.1, -0.05) is 0 Å². The van der Waals surface area contributed by atoms with Gasteiger partial charge in [0.25, 0.3) is 5.91 Å². The maximum atomic E-state index is 12.6. The van der Waals surface area contributed by atoms with Crippen molar-refractivity contribution in [2.75, 3.05) is 32.9 Å². The lowest BCUT2D eigenvalue weighted by Gasteiger charge is -2.34. The first-order valence-electron chi connectivity index (χ1n) is 7.22. The fourth-order valence-corrected chi connectivity index (χ4v) is 3.74. The predicted octanol–water partition coefficient (Wildman–Crippen LogP) is 0.505. The highest BCUT2D eigenvalue weighted by Gasteiger charge is 2.56. The van der Waals surface area contributed by atoms with Crippen LogP contribution in [0.15, 0.2) is 0 Å². The molecule has 3 heterocycles. The third-order valence-electron chi connectivity index (χ3n) is 5.09. The van der Waals surface area contributed by atoms with Crippen LogP contribution in [0.25, 0.3) is 0 Å². The Bertz CT molecular complexity index is 431. The number of likely N-dealkylation sites (tertiary alicyclic amines) is 1. The van der Waals surface area contributed by atoms with Gasteiger partial charge in [-0.2, -0.15) is 0 Å². The Balaban J connectivity index is 1.80. The van der Waals surface area contributed by atoms with Crippen LogP contribution in [0.5, 0.6) is 0 Å². The average Bonchev–Trinajstić information content (AvgIpc) is 3.02. The van der Waals surface area contributed by atoms with E-state index in [9.17, 15) is 14.7 Å². The Labute approximate surface area is 118 Å². The van der Waals surface area contributed by atoms with Crippen LogP contribution in [0.3, 0.4) is 0 Å². The minimum Gasteiger partial charge on any atom is -0.481 e. The molecule has 1 unspecified atom stereocenters. The number of hydrogen-bond acceptors (Lipinski definition) is 4. The maximum absolute atomic E-state index is 12.6. The highest BCUT2D eigenvalue weighted by Crippen LogP contribution is 2.43. The van der Waals surface area contributed by atoms with Gasteiger partial charge in [0.05, 0.1) is 12.0 Å². The number of aliphatic carboxylic acids is 1. The van der Waals surface area contributed by atoms with E-state index in [4.69, 9.17) is 9.47 Å². The lowest BCUT2D eigenvalue weighted by atomic mass is 9.74. The maximum Gasteiger partial charge on any atom is 0.311 e. The van der Waals surface area contributed by atoms with Gasteiger partial charge in [0.1, 0.15) is 5.60 Å². The molecule has 3 aliphatic heterocycles. The molecule has 0 radical (unpaired) electrons. The zero-order valence-electron chi connectivity index (χ0n) is 11.8. The number of ether oxygens (including phenoxy) is 2. The van der Waals surface area contributed by atoms with Crippen LogP contribution in [0, 0.1) is 11.3 Å².